The van der Waals surface area contributed by atoms with Gasteiger partial charge in [0.2, 0.25) is 0 Å². The molecule has 0 aliphatic rings. The smallest absolute Gasteiger partial charge is 0.108 e. The number of imidazole rings is 1. The van der Waals surface area contributed by atoms with E-state index in [9.17, 15) is 0 Å². The highest BCUT2D eigenvalue weighted by Crippen LogP contribution is 2.14. The molecule has 0 amide bonds. The number of nitrogens with one attached hydrogen (secondary N) is 1. The Hall–Kier alpha value is -1.61. The van der Waals surface area contributed by atoms with Gasteiger partial charge in [-0.15, -0.1) is 0 Å². The quantitative estimate of drug-likeness (QED) is 0.717. The second kappa shape index (κ2) is 8.63. The number of aryl methyl sites for hydroxylation is 2. The van der Waals surface area contributed by atoms with Crippen LogP contribution in [0.15, 0.2) is 42.7 Å². The van der Waals surface area contributed by atoms with Gasteiger partial charge in [-0.05, 0) is 43.8 Å². The maximum atomic E-state index is 4.43. The minimum atomic E-state index is 0.663. The molecule has 21 heavy (non-hydrogen) atoms. The minimum absolute atomic E-state index is 0.663. The van der Waals surface area contributed by atoms with E-state index < -0.39 is 0 Å². The summed E-state index contributed by atoms with van der Waals surface area (Å²) in [4.78, 5) is 4.43. The summed E-state index contributed by atoms with van der Waals surface area (Å²) in [6.07, 6.45) is 8.47. The lowest BCUT2D eigenvalue weighted by Gasteiger charge is -2.17. The summed E-state index contributed by atoms with van der Waals surface area (Å²) < 4.78 is 2.12. The molecule has 0 radical (unpaired) electrons. The summed E-state index contributed by atoms with van der Waals surface area (Å²) in [6, 6.07) is 10.8. The van der Waals surface area contributed by atoms with Gasteiger partial charge in [-0.2, -0.15) is 0 Å². The van der Waals surface area contributed by atoms with E-state index in [0.29, 0.717) is 5.92 Å². The molecule has 1 unspecified atom stereocenters. The van der Waals surface area contributed by atoms with E-state index in [1.54, 1.807) is 0 Å². The second-order valence-corrected chi connectivity index (χ2v) is 5.75. The molecule has 0 saturated heterocycles. The second-order valence-electron chi connectivity index (χ2n) is 5.75. The number of hydrogen-bond donors (Lipinski definition) is 1. The van der Waals surface area contributed by atoms with Crippen molar-refractivity contribution in [1.29, 1.82) is 0 Å². The number of benzene rings is 1. The van der Waals surface area contributed by atoms with E-state index in [1.807, 2.05) is 12.4 Å². The molecule has 1 atom stereocenters. The molecule has 0 aliphatic carbocycles. The Kier molecular flexibility index (Phi) is 6.48. The first-order chi connectivity index (χ1) is 10.3. The van der Waals surface area contributed by atoms with Crippen LogP contribution in [0.3, 0.4) is 0 Å². The Balaban J connectivity index is 1.90. The molecule has 2 aromatic rings. The fourth-order valence-electron chi connectivity index (χ4n) is 2.68. The molecular weight excluding hydrogens is 258 g/mol. The fraction of sp³-hybridized carbons (Fsp3) is 0.500. The molecule has 1 heterocycles. The zero-order valence-corrected chi connectivity index (χ0v) is 13.3. The normalized spacial score (nSPS) is 12.5. The Bertz CT molecular complexity index is 504. The van der Waals surface area contributed by atoms with Crippen molar-refractivity contribution in [2.45, 2.75) is 32.6 Å². The van der Waals surface area contributed by atoms with Crippen molar-refractivity contribution in [3.05, 3.63) is 54.1 Å². The zero-order valence-electron chi connectivity index (χ0n) is 13.3. The van der Waals surface area contributed by atoms with Gasteiger partial charge >= 0.3 is 0 Å². The van der Waals surface area contributed by atoms with Crippen molar-refractivity contribution in [2.24, 2.45) is 13.0 Å². The topological polar surface area (TPSA) is 29.9 Å². The van der Waals surface area contributed by atoms with Crippen molar-refractivity contribution < 1.29 is 0 Å². The highest BCUT2D eigenvalue weighted by molar-refractivity contribution is 5.15. The minimum Gasteiger partial charge on any atom is -0.338 e. The van der Waals surface area contributed by atoms with Gasteiger partial charge in [0.15, 0.2) is 0 Å². The van der Waals surface area contributed by atoms with Gasteiger partial charge in [-0.3, -0.25) is 0 Å². The molecule has 1 N–H and O–H groups in total. The summed E-state index contributed by atoms with van der Waals surface area (Å²) in [5.41, 5.74) is 1.43. The first-order valence-electron chi connectivity index (χ1n) is 8.00. The van der Waals surface area contributed by atoms with Gasteiger partial charge in [0.1, 0.15) is 5.82 Å². The van der Waals surface area contributed by atoms with Crippen LogP contribution in [0.5, 0.6) is 0 Å². The van der Waals surface area contributed by atoms with Gasteiger partial charge in [-0.1, -0.05) is 37.3 Å². The highest BCUT2D eigenvalue weighted by atomic mass is 15.0. The molecular formula is C18H27N3. The van der Waals surface area contributed by atoms with Crippen LogP contribution >= 0.6 is 0 Å². The van der Waals surface area contributed by atoms with Crippen LogP contribution in [0.2, 0.25) is 0 Å². The van der Waals surface area contributed by atoms with Crippen molar-refractivity contribution in [3.8, 4) is 0 Å². The van der Waals surface area contributed by atoms with Crippen LogP contribution in [0.1, 0.15) is 31.2 Å². The van der Waals surface area contributed by atoms with Crippen LogP contribution < -0.4 is 5.32 Å². The summed E-state index contributed by atoms with van der Waals surface area (Å²) in [7, 11) is 2.07. The molecule has 114 valence electrons. The van der Waals surface area contributed by atoms with E-state index in [1.165, 1.54) is 24.2 Å². The van der Waals surface area contributed by atoms with Crippen molar-refractivity contribution in [3.63, 3.8) is 0 Å². The molecule has 0 spiro atoms. The number of hydrogen-bond acceptors (Lipinski definition) is 2. The lowest BCUT2D eigenvalue weighted by Crippen LogP contribution is -2.25. The monoisotopic (exact) mass is 285 g/mol. The predicted octanol–water partition coefficient (Wildman–Crippen LogP) is 3.21. The highest BCUT2D eigenvalue weighted by Gasteiger charge is 2.11. The van der Waals surface area contributed by atoms with Gasteiger partial charge < -0.3 is 9.88 Å². The number of aromatic nitrogens is 2. The molecule has 3 nitrogen and oxygen atoms in total. The average molecular weight is 285 g/mol. The molecule has 0 aliphatic heterocycles. The lowest BCUT2D eigenvalue weighted by atomic mass is 9.94. The fourth-order valence-corrected chi connectivity index (χ4v) is 2.68. The Labute approximate surface area is 128 Å². The molecule has 3 heteroatoms. The van der Waals surface area contributed by atoms with Crippen molar-refractivity contribution in [2.75, 3.05) is 13.1 Å². The van der Waals surface area contributed by atoms with E-state index in [-0.39, 0.29) is 0 Å². The number of nitrogens with zero attached hydrogens (tertiary/aromatic N) is 2. The van der Waals surface area contributed by atoms with Crippen LogP contribution in [-0.4, -0.2) is 22.6 Å². The first-order valence-corrected chi connectivity index (χ1v) is 8.00. The largest absolute Gasteiger partial charge is 0.338 e. The van der Waals surface area contributed by atoms with Crippen molar-refractivity contribution in [1.82, 2.24) is 14.9 Å². The van der Waals surface area contributed by atoms with Gasteiger partial charge in [0.05, 0.1) is 0 Å². The third-order valence-corrected chi connectivity index (χ3v) is 3.92. The van der Waals surface area contributed by atoms with Crippen LogP contribution in [0.25, 0.3) is 0 Å². The summed E-state index contributed by atoms with van der Waals surface area (Å²) in [5.74, 6) is 1.85. The maximum absolute atomic E-state index is 4.43. The number of rotatable bonds is 9. The third kappa shape index (κ3) is 5.35. The molecule has 1 aromatic heterocycles. The summed E-state index contributed by atoms with van der Waals surface area (Å²) in [5, 5.41) is 3.57. The molecule has 0 saturated carbocycles. The van der Waals surface area contributed by atoms with Crippen molar-refractivity contribution >= 4 is 0 Å². The molecule has 1 aromatic carbocycles. The predicted molar refractivity (Wildman–Crippen MR) is 88.3 cm³/mol. The van der Waals surface area contributed by atoms with E-state index in [4.69, 9.17) is 0 Å². The van der Waals surface area contributed by atoms with Crippen LogP contribution in [0, 0.1) is 5.92 Å². The summed E-state index contributed by atoms with van der Waals surface area (Å²) >= 11 is 0. The average Bonchev–Trinajstić information content (AvgIpc) is 2.91. The third-order valence-electron chi connectivity index (χ3n) is 3.92. The standard InChI is InChI=1S/C18H27N3/c1-3-11-19-15-17(14-16-7-5-4-6-8-16)9-10-18-20-12-13-21(18)2/h4-8,12-13,17,19H,3,9-11,14-15H2,1-2H3. The summed E-state index contributed by atoms with van der Waals surface area (Å²) in [6.45, 7) is 4.41. The Morgan fingerprint density at radius 1 is 1.24 bits per heavy atom. The van der Waals surface area contributed by atoms with Gasteiger partial charge in [0.25, 0.3) is 0 Å². The van der Waals surface area contributed by atoms with E-state index in [2.05, 4.69) is 59.2 Å². The SMILES string of the molecule is CCCNCC(CCc1nccn1C)Cc1ccccc1. The maximum Gasteiger partial charge on any atom is 0.108 e. The molecule has 2 rings (SSSR count). The van der Waals surface area contributed by atoms with Crippen LogP contribution in [0.4, 0.5) is 0 Å². The Morgan fingerprint density at radius 2 is 2.05 bits per heavy atom. The lowest BCUT2D eigenvalue weighted by molar-refractivity contribution is 0.437. The Morgan fingerprint density at radius 3 is 2.71 bits per heavy atom. The van der Waals surface area contributed by atoms with E-state index >= 15 is 0 Å². The zero-order chi connectivity index (χ0) is 14.9. The van der Waals surface area contributed by atoms with Gasteiger partial charge in [-0.25, -0.2) is 4.98 Å². The molecule has 0 bridgehead atoms. The van der Waals surface area contributed by atoms with Gasteiger partial charge in [0, 0.05) is 25.9 Å². The van der Waals surface area contributed by atoms with E-state index in [0.717, 1.165) is 25.9 Å². The van der Waals surface area contributed by atoms with Crippen LogP contribution in [-0.2, 0) is 19.9 Å². The first kappa shape index (κ1) is 15.8. The molecule has 0 fully saturated rings.